The van der Waals surface area contributed by atoms with Gasteiger partial charge in [0.1, 0.15) is 22.2 Å². The third kappa shape index (κ3) is 2.83. The first-order valence-electron chi connectivity index (χ1n) is 5.33. The van der Waals surface area contributed by atoms with Gasteiger partial charge in [0.05, 0.1) is 5.02 Å². The Morgan fingerprint density at radius 2 is 1.80 bits per heavy atom. The SMILES string of the molecule is Nc1ccc(S(=O)(=O)Nc2c(F)cccc2Cl)c(F)c1. The second-order valence-electron chi connectivity index (χ2n) is 3.89. The van der Waals surface area contributed by atoms with Crippen molar-refractivity contribution in [3.05, 3.63) is 53.1 Å². The molecule has 4 nitrogen and oxygen atoms in total. The Labute approximate surface area is 119 Å². The predicted octanol–water partition coefficient (Wildman–Crippen LogP) is 3.00. The second kappa shape index (κ2) is 5.26. The lowest BCUT2D eigenvalue weighted by molar-refractivity contribution is 0.570. The fraction of sp³-hybridized carbons (Fsp3) is 0. The molecule has 0 aliphatic carbocycles. The molecular formula is C12H9ClF2N2O2S. The highest BCUT2D eigenvalue weighted by atomic mass is 35.5. The normalized spacial score (nSPS) is 11.3. The van der Waals surface area contributed by atoms with E-state index >= 15 is 0 Å². The highest BCUT2D eigenvalue weighted by Gasteiger charge is 2.22. The molecule has 0 fully saturated rings. The first kappa shape index (κ1) is 14.5. The van der Waals surface area contributed by atoms with E-state index in [1.54, 1.807) is 0 Å². The van der Waals surface area contributed by atoms with Crippen LogP contribution >= 0.6 is 11.6 Å². The van der Waals surface area contributed by atoms with E-state index in [9.17, 15) is 17.2 Å². The summed E-state index contributed by atoms with van der Waals surface area (Å²) < 4.78 is 53.1. The average molecular weight is 319 g/mol. The number of hydrogen-bond acceptors (Lipinski definition) is 3. The zero-order valence-electron chi connectivity index (χ0n) is 9.90. The predicted molar refractivity (Wildman–Crippen MR) is 73.0 cm³/mol. The largest absolute Gasteiger partial charge is 0.399 e. The molecule has 2 rings (SSSR count). The number of rotatable bonds is 3. The van der Waals surface area contributed by atoms with Gasteiger partial charge >= 0.3 is 0 Å². The summed E-state index contributed by atoms with van der Waals surface area (Å²) in [4.78, 5) is -0.647. The van der Waals surface area contributed by atoms with Gasteiger partial charge in [0.2, 0.25) is 0 Å². The van der Waals surface area contributed by atoms with Crippen LogP contribution in [0.15, 0.2) is 41.3 Å². The Morgan fingerprint density at radius 1 is 1.10 bits per heavy atom. The number of nitrogens with two attached hydrogens (primary N) is 1. The van der Waals surface area contributed by atoms with Crippen LogP contribution in [0, 0.1) is 11.6 Å². The molecule has 20 heavy (non-hydrogen) atoms. The van der Waals surface area contributed by atoms with Crippen molar-refractivity contribution in [1.29, 1.82) is 0 Å². The van der Waals surface area contributed by atoms with Gasteiger partial charge in [-0.2, -0.15) is 0 Å². The van der Waals surface area contributed by atoms with Crippen molar-refractivity contribution in [2.45, 2.75) is 4.90 Å². The lowest BCUT2D eigenvalue weighted by Gasteiger charge is -2.11. The molecule has 2 aromatic rings. The molecule has 0 spiro atoms. The van der Waals surface area contributed by atoms with Crippen LogP contribution in [0.4, 0.5) is 20.2 Å². The molecule has 8 heteroatoms. The number of para-hydroxylation sites is 1. The minimum absolute atomic E-state index is 0.0744. The Morgan fingerprint density at radius 3 is 2.40 bits per heavy atom. The molecule has 3 N–H and O–H groups in total. The van der Waals surface area contributed by atoms with Gasteiger partial charge in [0, 0.05) is 5.69 Å². The Bertz CT molecular complexity index is 746. The topological polar surface area (TPSA) is 72.2 Å². The van der Waals surface area contributed by atoms with E-state index < -0.39 is 32.2 Å². The quantitative estimate of drug-likeness (QED) is 0.854. The van der Waals surface area contributed by atoms with Crippen LogP contribution in [-0.2, 0) is 10.0 Å². The van der Waals surface area contributed by atoms with E-state index in [1.807, 2.05) is 4.72 Å². The molecule has 106 valence electrons. The molecule has 0 amide bonds. The summed E-state index contributed by atoms with van der Waals surface area (Å²) in [5.74, 6) is -1.90. The van der Waals surface area contributed by atoms with Crippen LogP contribution in [0.25, 0.3) is 0 Å². The first-order chi connectivity index (χ1) is 9.31. The fourth-order valence-corrected chi connectivity index (χ4v) is 2.93. The molecule has 0 radical (unpaired) electrons. The molecule has 0 aromatic heterocycles. The van der Waals surface area contributed by atoms with Crippen molar-refractivity contribution < 1.29 is 17.2 Å². The summed E-state index contributed by atoms with van der Waals surface area (Å²) in [5.41, 5.74) is 4.97. The Hall–Kier alpha value is -1.86. The van der Waals surface area contributed by atoms with Gasteiger partial charge in [-0.05, 0) is 30.3 Å². The third-order valence-corrected chi connectivity index (χ3v) is 4.14. The zero-order chi connectivity index (χ0) is 14.9. The van der Waals surface area contributed by atoms with E-state index in [4.69, 9.17) is 17.3 Å². The van der Waals surface area contributed by atoms with Crippen molar-refractivity contribution in [2.24, 2.45) is 0 Å². The van der Waals surface area contributed by atoms with Crippen LogP contribution < -0.4 is 10.5 Å². The number of hydrogen-bond donors (Lipinski definition) is 2. The third-order valence-electron chi connectivity index (χ3n) is 2.44. The molecule has 0 aliphatic rings. The van der Waals surface area contributed by atoms with Crippen molar-refractivity contribution in [1.82, 2.24) is 0 Å². The van der Waals surface area contributed by atoms with Crippen LogP contribution in [0.5, 0.6) is 0 Å². The monoisotopic (exact) mass is 318 g/mol. The molecule has 0 saturated carbocycles. The number of anilines is 2. The number of nitrogen functional groups attached to an aromatic ring is 1. The van der Waals surface area contributed by atoms with Gasteiger partial charge in [-0.15, -0.1) is 0 Å². The van der Waals surface area contributed by atoms with Crippen LogP contribution in [0.3, 0.4) is 0 Å². The number of sulfonamides is 1. The highest BCUT2D eigenvalue weighted by molar-refractivity contribution is 7.92. The minimum atomic E-state index is -4.31. The lowest BCUT2D eigenvalue weighted by atomic mass is 10.3. The average Bonchev–Trinajstić information content (AvgIpc) is 2.33. The maximum atomic E-state index is 13.6. The van der Waals surface area contributed by atoms with Crippen molar-refractivity contribution in [2.75, 3.05) is 10.5 Å². The summed E-state index contributed by atoms with van der Waals surface area (Å²) in [6.07, 6.45) is 0. The maximum absolute atomic E-state index is 13.6. The molecule has 2 aromatic carbocycles. The fourth-order valence-electron chi connectivity index (χ4n) is 1.52. The van der Waals surface area contributed by atoms with Crippen LogP contribution in [-0.4, -0.2) is 8.42 Å². The van der Waals surface area contributed by atoms with E-state index in [1.165, 1.54) is 18.2 Å². The summed E-state index contributed by atoms with van der Waals surface area (Å²) in [7, 11) is -4.31. The first-order valence-corrected chi connectivity index (χ1v) is 7.19. The van der Waals surface area contributed by atoms with Crippen molar-refractivity contribution >= 4 is 33.0 Å². The van der Waals surface area contributed by atoms with Gasteiger partial charge in [0.15, 0.2) is 0 Å². The summed E-state index contributed by atoms with van der Waals surface area (Å²) in [5, 5.41) is -0.135. The smallest absolute Gasteiger partial charge is 0.264 e. The van der Waals surface area contributed by atoms with E-state index in [0.29, 0.717) is 0 Å². The number of nitrogens with one attached hydrogen (secondary N) is 1. The Balaban J connectivity index is 2.46. The lowest BCUT2D eigenvalue weighted by Crippen LogP contribution is -2.16. The molecule has 0 atom stereocenters. The summed E-state index contributed by atoms with van der Waals surface area (Å²) in [6, 6.07) is 6.73. The second-order valence-corrected chi connectivity index (χ2v) is 5.95. The highest BCUT2D eigenvalue weighted by Crippen LogP contribution is 2.28. The van der Waals surface area contributed by atoms with Crippen molar-refractivity contribution in [3.63, 3.8) is 0 Å². The Kier molecular flexibility index (Phi) is 3.82. The minimum Gasteiger partial charge on any atom is -0.399 e. The van der Waals surface area contributed by atoms with Crippen LogP contribution in [0.1, 0.15) is 0 Å². The van der Waals surface area contributed by atoms with Gasteiger partial charge in [-0.25, -0.2) is 17.2 Å². The van der Waals surface area contributed by atoms with Crippen molar-refractivity contribution in [3.8, 4) is 0 Å². The van der Waals surface area contributed by atoms with E-state index in [2.05, 4.69) is 0 Å². The summed E-state index contributed by atoms with van der Waals surface area (Å²) >= 11 is 5.71. The van der Waals surface area contributed by atoms with Crippen LogP contribution in [0.2, 0.25) is 5.02 Å². The molecule has 0 heterocycles. The van der Waals surface area contributed by atoms with Gasteiger partial charge in [0.25, 0.3) is 10.0 Å². The number of halogens is 3. The molecule has 0 saturated heterocycles. The molecule has 0 aliphatic heterocycles. The molecule has 0 bridgehead atoms. The van der Waals surface area contributed by atoms with Gasteiger partial charge in [-0.1, -0.05) is 17.7 Å². The number of benzene rings is 2. The van der Waals surface area contributed by atoms with E-state index in [0.717, 1.165) is 18.2 Å². The maximum Gasteiger partial charge on any atom is 0.264 e. The standard InChI is InChI=1S/C12H9ClF2N2O2S/c13-8-2-1-3-9(14)12(8)17-20(18,19)11-5-4-7(16)6-10(11)15/h1-6,17H,16H2. The summed E-state index contributed by atoms with van der Waals surface area (Å²) in [6.45, 7) is 0. The van der Waals surface area contributed by atoms with Gasteiger partial charge < -0.3 is 5.73 Å². The molecule has 0 unspecified atom stereocenters. The van der Waals surface area contributed by atoms with E-state index in [-0.39, 0.29) is 10.7 Å². The molecular weight excluding hydrogens is 310 g/mol. The zero-order valence-corrected chi connectivity index (χ0v) is 11.5. The van der Waals surface area contributed by atoms with Gasteiger partial charge in [-0.3, -0.25) is 4.72 Å².